The van der Waals surface area contributed by atoms with Crippen molar-refractivity contribution in [3.05, 3.63) is 22.8 Å². The summed E-state index contributed by atoms with van der Waals surface area (Å²) in [5.74, 6) is 0.156. The van der Waals surface area contributed by atoms with Gasteiger partial charge in [0.05, 0.1) is 20.3 Å². The maximum atomic E-state index is 12.2. The summed E-state index contributed by atoms with van der Waals surface area (Å²) in [6.45, 7) is 2.30. The molecule has 92 valence electrons. The highest BCUT2D eigenvalue weighted by Crippen LogP contribution is 2.20. The number of pyridine rings is 1. The Morgan fingerprint density at radius 3 is 2.82 bits per heavy atom. The number of methoxy groups -OCH3 is 1. The SMILES string of the molecule is COc1nc(Cl)ccc1C(=O)N1CCOCC1. The van der Waals surface area contributed by atoms with E-state index in [9.17, 15) is 4.79 Å². The maximum Gasteiger partial charge on any atom is 0.259 e. The van der Waals surface area contributed by atoms with Crippen LogP contribution >= 0.6 is 11.6 Å². The largest absolute Gasteiger partial charge is 0.480 e. The Morgan fingerprint density at radius 2 is 2.18 bits per heavy atom. The number of hydrogen-bond donors (Lipinski definition) is 0. The van der Waals surface area contributed by atoms with E-state index >= 15 is 0 Å². The number of carbonyl (C=O) groups excluding carboxylic acids is 1. The van der Waals surface area contributed by atoms with Crippen molar-refractivity contribution in [2.75, 3.05) is 33.4 Å². The first-order chi connectivity index (χ1) is 8.22. The Balaban J connectivity index is 2.23. The van der Waals surface area contributed by atoms with Crippen LogP contribution in [0.2, 0.25) is 5.15 Å². The molecule has 2 rings (SSSR count). The summed E-state index contributed by atoms with van der Waals surface area (Å²) in [6.07, 6.45) is 0. The molecule has 1 fully saturated rings. The van der Waals surface area contributed by atoms with E-state index in [-0.39, 0.29) is 11.8 Å². The lowest BCUT2D eigenvalue weighted by atomic mass is 10.2. The van der Waals surface area contributed by atoms with E-state index in [1.165, 1.54) is 7.11 Å². The molecular formula is C11H13ClN2O3. The van der Waals surface area contributed by atoms with Crippen LogP contribution in [-0.2, 0) is 4.74 Å². The van der Waals surface area contributed by atoms with Gasteiger partial charge in [-0.15, -0.1) is 0 Å². The molecule has 0 spiro atoms. The fourth-order valence-corrected chi connectivity index (χ4v) is 1.81. The monoisotopic (exact) mass is 256 g/mol. The minimum atomic E-state index is -0.102. The minimum Gasteiger partial charge on any atom is -0.480 e. The van der Waals surface area contributed by atoms with Crippen molar-refractivity contribution < 1.29 is 14.3 Å². The molecule has 1 aromatic heterocycles. The van der Waals surface area contributed by atoms with Crippen LogP contribution < -0.4 is 4.74 Å². The van der Waals surface area contributed by atoms with Crippen LogP contribution in [-0.4, -0.2) is 49.2 Å². The number of hydrogen-bond acceptors (Lipinski definition) is 4. The van der Waals surface area contributed by atoms with Gasteiger partial charge in [-0.2, -0.15) is 0 Å². The second-order valence-electron chi connectivity index (χ2n) is 3.60. The van der Waals surface area contributed by atoms with Gasteiger partial charge in [0.1, 0.15) is 10.7 Å². The topological polar surface area (TPSA) is 51.7 Å². The predicted octanol–water partition coefficient (Wildman–Crippen LogP) is 1.22. The van der Waals surface area contributed by atoms with Crippen molar-refractivity contribution in [2.24, 2.45) is 0 Å². The lowest BCUT2D eigenvalue weighted by Crippen LogP contribution is -2.40. The number of aromatic nitrogens is 1. The first kappa shape index (κ1) is 12.1. The van der Waals surface area contributed by atoms with Crippen molar-refractivity contribution in [1.29, 1.82) is 0 Å². The standard InChI is InChI=1S/C11H13ClN2O3/c1-16-10-8(2-3-9(12)13-10)11(15)14-4-6-17-7-5-14/h2-3H,4-7H2,1H3. The second kappa shape index (κ2) is 5.33. The summed E-state index contributed by atoms with van der Waals surface area (Å²) >= 11 is 5.75. The van der Waals surface area contributed by atoms with Crippen LogP contribution in [0.5, 0.6) is 5.88 Å². The van der Waals surface area contributed by atoms with Crippen molar-refractivity contribution in [3.63, 3.8) is 0 Å². The van der Waals surface area contributed by atoms with Crippen molar-refractivity contribution in [2.45, 2.75) is 0 Å². The molecule has 1 aromatic rings. The van der Waals surface area contributed by atoms with E-state index < -0.39 is 0 Å². The summed E-state index contributed by atoms with van der Waals surface area (Å²) in [7, 11) is 1.47. The van der Waals surface area contributed by atoms with E-state index in [0.29, 0.717) is 37.0 Å². The quantitative estimate of drug-likeness (QED) is 0.747. The molecule has 2 heterocycles. The fourth-order valence-electron chi connectivity index (χ4n) is 1.67. The van der Waals surface area contributed by atoms with Gasteiger partial charge in [0, 0.05) is 13.1 Å². The number of halogens is 1. The highest BCUT2D eigenvalue weighted by molar-refractivity contribution is 6.29. The molecule has 0 saturated carbocycles. The molecule has 1 aliphatic rings. The Kier molecular flexibility index (Phi) is 3.81. The number of morpholine rings is 1. The van der Waals surface area contributed by atoms with Gasteiger partial charge in [-0.05, 0) is 12.1 Å². The van der Waals surface area contributed by atoms with Crippen LogP contribution in [0.3, 0.4) is 0 Å². The zero-order valence-corrected chi connectivity index (χ0v) is 10.2. The summed E-state index contributed by atoms with van der Waals surface area (Å²) < 4.78 is 10.3. The molecule has 6 heteroatoms. The van der Waals surface area contributed by atoms with E-state index in [1.807, 2.05) is 0 Å². The molecule has 0 bridgehead atoms. The Bertz CT molecular complexity index is 419. The Hall–Kier alpha value is -1.33. The smallest absolute Gasteiger partial charge is 0.259 e. The van der Waals surface area contributed by atoms with E-state index in [2.05, 4.69) is 4.98 Å². The summed E-state index contributed by atoms with van der Waals surface area (Å²) in [5.41, 5.74) is 0.429. The van der Waals surface area contributed by atoms with Crippen molar-refractivity contribution >= 4 is 17.5 Å². The summed E-state index contributed by atoms with van der Waals surface area (Å²) in [5, 5.41) is 0.306. The first-order valence-electron chi connectivity index (χ1n) is 5.30. The zero-order chi connectivity index (χ0) is 12.3. The minimum absolute atomic E-state index is 0.102. The molecule has 17 heavy (non-hydrogen) atoms. The van der Waals surface area contributed by atoms with E-state index in [1.54, 1.807) is 17.0 Å². The summed E-state index contributed by atoms with van der Waals surface area (Å²) in [6, 6.07) is 3.21. The normalized spacial score (nSPS) is 15.8. The molecule has 1 saturated heterocycles. The number of carbonyl (C=O) groups is 1. The van der Waals surface area contributed by atoms with Crippen molar-refractivity contribution in [1.82, 2.24) is 9.88 Å². The van der Waals surface area contributed by atoms with Gasteiger partial charge in [-0.25, -0.2) is 4.98 Å². The Morgan fingerprint density at radius 1 is 1.47 bits per heavy atom. The first-order valence-corrected chi connectivity index (χ1v) is 5.67. The van der Waals surface area contributed by atoms with E-state index in [0.717, 1.165) is 0 Å². The van der Waals surface area contributed by atoms with Crippen LogP contribution in [0, 0.1) is 0 Å². The van der Waals surface area contributed by atoms with Gasteiger partial charge in [0.2, 0.25) is 5.88 Å². The lowest BCUT2D eigenvalue weighted by Gasteiger charge is -2.27. The fraction of sp³-hybridized carbons (Fsp3) is 0.455. The third kappa shape index (κ3) is 2.68. The number of amides is 1. The highest BCUT2D eigenvalue weighted by atomic mass is 35.5. The molecule has 0 radical (unpaired) electrons. The lowest BCUT2D eigenvalue weighted by molar-refractivity contribution is 0.0300. The third-order valence-corrected chi connectivity index (χ3v) is 2.76. The van der Waals surface area contributed by atoms with Gasteiger partial charge >= 0.3 is 0 Å². The zero-order valence-electron chi connectivity index (χ0n) is 9.48. The number of rotatable bonds is 2. The van der Waals surface area contributed by atoms with Gasteiger partial charge in [0.15, 0.2) is 0 Å². The van der Waals surface area contributed by atoms with Crippen LogP contribution in [0.15, 0.2) is 12.1 Å². The molecule has 1 aliphatic heterocycles. The van der Waals surface area contributed by atoms with Crippen LogP contribution in [0.1, 0.15) is 10.4 Å². The van der Waals surface area contributed by atoms with Gasteiger partial charge in [-0.3, -0.25) is 4.79 Å². The molecule has 0 atom stereocenters. The number of ether oxygens (including phenoxy) is 2. The average Bonchev–Trinajstić information content (AvgIpc) is 2.39. The van der Waals surface area contributed by atoms with Gasteiger partial charge < -0.3 is 14.4 Å². The van der Waals surface area contributed by atoms with Gasteiger partial charge in [0.25, 0.3) is 5.91 Å². The Labute approximate surface area is 104 Å². The number of nitrogens with zero attached hydrogens (tertiary/aromatic N) is 2. The second-order valence-corrected chi connectivity index (χ2v) is 3.98. The molecule has 0 N–H and O–H groups in total. The molecule has 0 aromatic carbocycles. The highest BCUT2D eigenvalue weighted by Gasteiger charge is 2.22. The molecule has 0 unspecified atom stereocenters. The molecule has 0 aliphatic carbocycles. The molecule has 5 nitrogen and oxygen atoms in total. The van der Waals surface area contributed by atoms with E-state index in [4.69, 9.17) is 21.1 Å². The predicted molar refractivity (Wildman–Crippen MR) is 62.5 cm³/mol. The average molecular weight is 257 g/mol. The summed E-state index contributed by atoms with van der Waals surface area (Å²) in [4.78, 5) is 17.9. The molecular weight excluding hydrogens is 244 g/mol. The van der Waals surface area contributed by atoms with Crippen molar-refractivity contribution in [3.8, 4) is 5.88 Å². The maximum absolute atomic E-state index is 12.2. The van der Waals surface area contributed by atoms with Gasteiger partial charge in [-0.1, -0.05) is 11.6 Å². The van der Waals surface area contributed by atoms with Crippen LogP contribution in [0.4, 0.5) is 0 Å². The third-order valence-electron chi connectivity index (χ3n) is 2.55. The molecule has 1 amide bonds. The van der Waals surface area contributed by atoms with Crippen LogP contribution in [0.25, 0.3) is 0 Å².